The number of nitrogens with one attached hydrogen (secondary N) is 2. The molecule has 1 aliphatic heterocycles. The van der Waals surface area contributed by atoms with E-state index in [1.165, 1.54) is 0 Å². The Morgan fingerprint density at radius 3 is 2.48 bits per heavy atom. The van der Waals surface area contributed by atoms with Gasteiger partial charge in [-0.25, -0.2) is 0 Å². The lowest BCUT2D eigenvalue weighted by Gasteiger charge is -2.21. The molecular weight excluding hydrogens is 340 g/mol. The molecule has 0 spiro atoms. The zero-order chi connectivity index (χ0) is 16.8. The maximum absolute atomic E-state index is 12.2. The third-order valence-corrected chi connectivity index (χ3v) is 4.09. The van der Waals surface area contributed by atoms with Gasteiger partial charge in [-0.3, -0.25) is 4.79 Å². The topological polar surface area (TPSA) is 59.6 Å². The predicted octanol–water partition coefficient (Wildman–Crippen LogP) is 3.85. The summed E-state index contributed by atoms with van der Waals surface area (Å²) in [5.41, 5.74) is 0.776. The highest BCUT2D eigenvalue weighted by Gasteiger charge is 2.20. The molecule has 0 aromatic heterocycles. The molecule has 0 aliphatic carbocycles. The van der Waals surface area contributed by atoms with Crippen LogP contribution < -0.4 is 20.1 Å². The second kappa shape index (κ2) is 9.30. The second-order valence-electron chi connectivity index (χ2n) is 5.81. The number of rotatable bonds is 5. The molecule has 0 bridgehead atoms. The van der Waals surface area contributed by atoms with Crippen LogP contribution in [0.4, 0.5) is 5.69 Å². The van der Waals surface area contributed by atoms with Gasteiger partial charge in [0.1, 0.15) is 5.75 Å². The number of ether oxygens (including phenoxy) is 2. The summed E-state index contributed by atoms with van der Waals surface area (Å²) in [4.78, 5) is 12.2. The first-order chi connectivity index (χ1) is 11.8. The summed E-state index contributed by atoms with van der Waals surface area (Å²) < 4.78 is 11.1. The van der Waals surface area contributed by atoms with Gasteiger partial charge in [0.25, 0.3) is 0 Å². The Morgan fingerprint density at radius 2 is 1.84 bits per heavy atom. The van der Waals surface area contributed by atoms with Gasteiger partial charge in [-0.15, -0.1) is 12.4 Å². The maximum atomic E-state index is 12.2. The smallest absolute Gasteiger partial charge is 0.228 e. The van der Waals surface area contributed by atoms with E-state index in [0.29, 0.717) is 17.2 Å². The van der Waals surface area contributed by atoms with E-state index >= 15 is 0 Å². The van der Waals surface area contributed by atoms with Gasteiger partial charge in [-0.2, -0.15) is 0 Å². The minimum Gasteiger partial charge on any atom is -0.493 e. The normalized spacial score (nSPS) is 16.4. The van der Waals surface area contributed by atoms with Gasteiger partial charge in [0.05, 0.1) is 13.0 Å². The molecule has 3 rings (SSSR count). The van der Waals surface area contributed by atoms with E-state index in [1.807, 2.05) is 48.5 Å². The molecule has 1 amide bonds. The molecule has 1 aliphatic rings. The van der Waals surface area contributed by atoms with Crippen molar-refractivity contribution in [3.8, 4) is 17.2 Å². The average molecular weight is 363 g/mol. The summed E-state index contributed by atoms with van der Waals surface area (Å²) >= 11 is 0. The summed E-state index contributed by atoms with van der Waals surface area (Å²) in [5.74, 6) is 2.14. The highest BCUT2D eigenvalue weighted by atomic mass is 35.5. The molecule has 1 saturated heterocycles. The molecule has 1 fully saturated rings. The lowest BCUT2D eigenvalue weighted by molar-refractivity contribution is -0.120. The predicted molar refractivity (Wildman–Crippen MR) is 101 cm³/mol. The summed E-state index contributed by atoms with van der Waals surface area (Å²) in [6.45, 7) is 1.75. The van der Waals surface area contributed by atoms with Crippen LogP contribution in [0.25, 0.3) is 0 Å². The molecular formula is C19H23ClN2O3. The first-order valence-electron chi connectivity index (χ1n) is 8.19. The second-order valence-corrected chi connectivity index (χ2v) is 5.81. The molecule has 134 valence electrons. The van der Waals surface area contributed by atoms with Gasteiger partial charge in [0.2, 0.25) is 5.91 Å². The highest BCUT2D eigenvalue weighted by Crippen LogP contribution is 2.31. The lowest BCUT2D eigenvalue weighted by Crippen LogP contribution is -2.37. The van der Waals surface area contributed by atoms with Crippen molar-refractivity contribution in [2.24, 2.45) is 5.92 Å². The number of hydrogen-bond acceptors (Lipinski definition) is 4. The fraction of sp³-hybridized carbons (Fsp3) is 0.316. The van der Waals surface area contributed by atoms with Crippen molar-refractivity contribution in [2.45, 2.75) is 12.8 Å². The summed E-state index contributed by atoms with van der Waals surface area (Å²) in [6.07, 6.45) is 1.98. The number of piperidine rings is 1. The first-order valence-corrected chi connectivity index (χ1v) is 8.19. The van der Waals surface area contributed by atoms with Crippen molar-refractivity contribution in [3.05, 3.63) is 48.5 Å². The van der Waals surface area contributed by atoms with Gasteiger partial charge in [-0.05, 0) is 55.8 Å². The number of carbonyl (C=O) groups is 1. The third kappa shape index (κ3) is 5.11. The van der Waals surface area contributed by atoms with Gasteiger partial charge < -0.3 is 20.1 Å². The molecule has 5 nitrogen and oxygen atoms in total. The molecule has 1 atom stereocenters. The van der Waals surface area contributed by atoms with Crippen molar-refractivity contribution in [2.75, 3.05) is 25.5 Å². The van der Waals surface area contributed by atoms with Crippen LogP contribution in [0.3, 0.4) is 0 Å². The highest BCUT2D eigenvalue weighted by molar-refractivity contribution is 5.92. The zero-order valence-corrected chi connectivity index (χ0v) is 15.0. The Kier molecular flexibility index (Phi) is 7.10. The Labute approximate surface area is 154 Å². The van der Waals surface area contributed by atoms with E-state index in [-0.39, 0.29) is 24.2 Å². The average Bonchev–Trinajstić information content (AvgIpc) is 2.64. The Hall–Kier alpha value is -2.24. The molecule has 1 unspecified atom stereocenters. The quantitative estimate of drug-likeness (QED) is 0.848. The fourth-order valence-corrected chi connectivity index (χ4v) is 2.76. The minimum atomic E-state index is 0. The largest absolute Gasteiger partial charge is 0.493 e. The van der Waals surface area contributed by atoms with Crippen LogP contribution in [0.1, 0.15) is 12.8 Å². The number of halogens is 1. The summed E-state index contributed by atoms with van der Waals surface area (Å²) in [5, 5.41) is 6.22. The number of benzene rings is 2. The van der Waals surface area contributed by atoms with Crippen LogP contribution in [0, 0.1) is 5.92 Å². The maximum Gasteiger partial charge on any atom is 0.228 e. The summed E-state index contributed by atoms with van der Waals surface area (Å²) in [6, 6.07) is 14.8. The molecule has 2 aromatic rings. The third-order valence-electron chi connectivity index (χ3n) is 4.09. The Bertz CT molecular complexity index is 685. The molecule has 0 saturated carbocycles. The molecule has 1 heterocycles. The minimum absolute atomic E-state index is 0. The van der Waals surface area contributed by atoms with Crippen molar-refractivity contribution < 1.29 is 14.3 Å². The van der Waals surface area contributed by atoms with Gasteiger partial charge >= 0.3 is 0 Å². The lowest BCUT2D eigenvalue weighted by atomic mass is 9.99. The van der Waals surface area contributed by atoms with E-state index in [4.69, 9.17) is 9.47 Å². The Balaban J connectivity index is 0.00000225. The van der Waals surface area contributed by atoms with Crippen LogP contribution in [-0.4, -0.2) is 26.1 Å². The first kappa shape index (κ1) is 19.1. The fourth-order valence-electron chi connectivity index (χ4n) is 2.76. The standard InChI is InChI=1S/C19H22N2O3.ClH/c1-23-17-6-2-3-7-18(17)24-16-10-8-15(9-11-16)21-19(22)14-5-4-12-20-13-14;/h2-3,6-11,14,20H,4-5,12-13H2,1H3,(H,21,22);1H. The number of para-hydroxylation sites is 2. The number of carbonyl (C=O) groups excluding carboxylic acids is 1. The number of hydrogen-bond donors (Lipinski definition) is 2. The van der Waals surface area contributed by atoms with E-state index < -0.39 is 0 Å². The van der Waals surface area contributed by atoms with Gasteiger partial charge in [-0.1, -0.05) is 12.1 Å². The zero-order valence-electron chi connectivity index (χ0n) is 14.2. The molecule has 2 aromatic carbocycles. The van der Waals surface area contributed by atoms with E-state index in [2.05, 4.69) is 10.6 Å². The van der Waals surface area contributed by atoms with Gasteiger partial charge in [0, 0.05) is 12.2 Å². The van der Waals surface area contributed by atoms with Crippen LogP contribution in [0.5, 0.6) is 17.2 Å². The van der Waals surface area contributed by atoms with Crippen LogP contribution in [0.2, 0.25) is 0 Å². The Morgan fingerprint density at radius 1 is 1.12 bits per heavy atom. The van der Waals surface area contributed by atoms with Crippen molar-refractivity contribution >= 4 is 24.0 Å². The van der Waals surface area contributed by atoms with E-state index in [9.17, 15) is 4.79 Å². The molecule has 6 heteroatoms. The van der Waals surface area contributed by atoms with Crippen LogP contribution >= 0.6 is 12.4 Å². The SMILES string of the molecule is COc1ccccc1Oc1ccc(NC(=O)C2CCCNC2)cc1.Cl. The summed E-state index contributed by atoms with van der Waals surface area (Å²) in [7, 11) is 1.61. The number of methoxy groups -OCH3 is 1. The van der Waals surface area contributed by atoms with Crippen molar-refractivity contribution in [1.82, 2.24) is 5.32 Å². The number of anilines is 1. The molecule has 0 radical (unpaired) electrons. The van der Waals surface area contributed by atoms with Crippen LogP contribution in [-0.2, 0) is 4.79 Å². The van der Waals surface area contributed by atoms with Gasteiger partial charge in [0.15, 0.2) is 11.5 Å². The molecule has 2 N–H and O–H groups in total. The molecule has 25 heavy (non-hydrogen) atoms. The van der Waals surface area contributed by atoms with Crippen LogP contribution in [0.15, 0.2) is 48.5 Å². The number of amides is 1. The van der Waals surface area contributed by atoms with Crippen molar-refractivity contribution in [1.29, 1.82) is 0 Å². The van der Waals surface area contributed by atoms with E-state index in [0.717, 1.165) is 31.6 Å². The van der Waals surface area contributed by atoms with Crippen molar-refractivity contribution in [3.63, 3.8) is 0 Å². The monoisotopic (exact) mass is 362 g/mol. The van der Waals surface area contributed by atoms with E-state index in [1.54, 1.807) is 7.11 Å².